The first-order valence-corrected chi connectivity index (χ1v) is 16.1. The van der Waals surface area contributed by atoms with Crippen LogP contribution in [0.3, 0.4) is 0 Å². The van der Waals surface area contributed by atoms with Crippen LogP contribution in [0.2, 0.25) is 0 Å². The predicted molar refractivity (Wildman–Crippen MR) is 158 cm³/mol. The number of ether oxygens (including phenoxy) is 5. The van der Waals surface area contributed by atoms with Crippen molar-refractivity contribution < 1.29 is 48.3 Å². The lowest BCUT2D eigenvalue weighted by atomic mass is 9.42. The SMILES string of the molecule is CCN1C[C@]2(COC)C(O)CC(=O)[C@@]34[C@@H]5C[C@@]6(O)[C@@H](OC)C[C@@](OC(C)=O)([C@H]5[C@H]6C(=O)c5ccc(OC)cc5)[C@@H]([C@H](OC)[C@H]23)[C@@H]14. The molecule has 1 spiro atoms. The molecule has 0 aromatic heterocycles. The van der Waals surface area contributed by atoms with E-state index in [9.17, 15) is 24.6 Å². The average Bonchev–Trinajstić information content (AvgIpc) is 3.42. The molecule has 0 amide bonds. The van der Waals surface area contributed by atoms with Gasteiger partial charge in [0.05, 0.1) is 43.4 Å². The highest BCUT2D eigenvalue weighted by Gasteiger charge is 2.90. The Morgan fingerprint density at radius 3 is 2.33 bits per heavy atom. The molecule has 246 valence electrons. The summed E-state index contributed by atoms with van der Waals surface area (Å²) in [5.41, 5.74) is -4.45. The van der Waals surface area contributed by atoms with Crippen LogP contribution in [0.15, 0.2) is 24.3 Å². The van der Waals surface area contributed by atoms with Gasteiger partial charge in [0, 0.05) is 82.4 Å². The molecule has 7 bridgehead atoms. The molecule has 6 fully saturated rings. The van der Waals surface area contributed by atoms with Crippen molar-refractivity contribution in [2.75, 3.05) is 48.1 Å². The Morgan fingerprint density at radius 1 is 1.04 bits per heavy atom. The number of likely N-dealkylation sites (tertiary alicyclic amines) is 1. The summed E-state index contributed by atoms with van der Waals surface area (Å²) >= 11 is 0. The van der Waals surface area contributed by atoms with Crippen molar-refractivity contribution in [1.82, 2.24) is 4.90 Å². The van der Waals surface area contributed by atoms with Crippen molar-refractivity contribution in [1.29, 1.82) is 0 Å². The van der Waals surface area contributed by atoms with E-state index in [1.165, 1.54) is 14.0 Å². The molecule has 5 aliphatic carbocycles. The molecule has 5 saturated carbocycles. The van der Waals surface area contributed by atoms with Crippen LogP contribution in [0.4, 0.5) is 0 Å². The molecule has 7 rings (SSSR count). The minimum Gasteiger partial charge on any atom is -0.497 e. The lowest BCUT2D eigenvalue weighted by molar-refractivity contribution is -0.256. The Balaban J connectivity index is 1.52. The monoisotopic (exact) mass is 627 g/mol. The van der Waals surface area contributed by atoms with E-state index in [1.54, 1.807) is 45.6 Å². The first kappa shape index (κ1) is 31.2. The van der Waals surface area contributed by atoms with Crippen molar-refractivity contribution in [2.24, 2.45) is 40.4 Å². The number of aliphatic hydroxyl groups excluding tert-OH is 1. The van der Waals surface area contributed by atoms with Gasteiger partial charge in [0.1, 0.15) is 22.7 Å². The molecule has 6 aliphatic rings. The number of Topliss-reactive ketones (excluding diaryl/α,β-unsaturated/α-hetero) is 2. The fourth-order valence-electron chi connectivity index (χ4n) is 12.1. The topological polar surface area (TPSA) is 141 Å². The largest absolute Gasteiger partial charge is 0.497 e. The van der Waals surface area contributed by atoms with Gasteiger partial charge in [-0.3, -0.25) is 19.3 Å². The first-order valence-electron chi connectivity index (χ1n) is 16.1. The van der Waals surface area contributed by atoms with Gasteiger partial charge in [-0.1, -0.05) is 6.92 Å². The van der Waals surface area contributed by atoms with Gasteiger partial charge >= 0.3 is 5.97 Å². The van der Waals surface area contributed by atoms with Gasteiger partial charge in [0.15, 0.2) is 5.78 Å². The van der Waals surface area contributed by atoms with E-state index in [-0.39, 0.29) is 37.4 Å². The summed E-state index contributed by atoms with van der Waals surface area (Å²) in [5, 5.41) is 24.5. The highest BCUT2D eigenvalue weighted by molar-refractivity contribution is 6.00. The zero-order valence-electron chi connectivity index (χ0n) is 26.9. The number of aliphatic hydroxyl groups is 2. The van der Waals surface area contributed by atoms with E-state index in [1.807, 2.05) is 6.92 Å². The average molecular weight is 628 g/mol. The van der Waals surface area contributed by atoms with Crippen molar-refractivity contribution in [3.8, 4) is 5.75 Å². The smallest absolute Gasteiger partial charge is 0.303 e. The van der Waals surface area contributed by atoms with E-state index in [2.05, 4.69) is 4.90 Å². The standard InChI is InChI=1S/C34H45NO10/c1-7-35-15-31(16-41-3)21(37)12-22(38)34-20-13-32(40)23(43-5)14-33(45-17(2)36,26(30(34)35)28(44-6)29(31)34)24(20)25(32)27(39)18-8-10-19(42-4)11-9-18/h8-11,20-21,23-26,28-30,37,40H,7,12-16H2,1-6H3/t20-,21?,23+,24-,25+,26+,28+,29-,30-,31+,32-,33-,34+/m1/s1. The van der Waals surface area contributed by atoms with E-state index in [0.29, 0.717) is 24.4 Å². The van der Waals surface area contributed by atoms with Gasteiger partial charge in [0.2, 0.25) is 0 Å². The first-order chi connectivity index (χ1) is 21.5. The second-order valence-corrected chi connectivity index (χ2v) is 14.3. The second-order valence-electron chi connectivity index (χ2n) is 14.3. The van der Waals surface area contributed by atoms with E-state index in [4.69, 9.17) is 23.7 Å². The molecule has 1 heterocycles. The summed E-state index contributed by atoms with van der Waals surface area (Å²) in [7, 11) is 6.28. The predicted octanol–water partition coefficient (Wildman–Crippen LogP) is 1.51. The van der Waals surface area contributed by atoms with Crippen LogP contribution in [-0.2, 0) is 28.5 Å². The summed E-state index contributed by atoms with van der Waals surface area (Å²) in [6.45, 7) is 4.67. The molecule has 0 radical (unpaired) electrons. The Kier molecular flexibility index (Phi) is 7.14. The molecule has 2 N–H and O–H groups in total. The summed E-state index contributed by atoms with van der Waals surface area (Å²) in [6.07, 6.45) is -2.19. The molecule has 11 heteroatoms. The van der Waals surface area contributed by atoms with Crippen LogP contribution < -0.4 is 4.74 Å². The van der Waals surface area contributed by atoms with Crippen LogP contribution >= 0.6 is 0 Å². The fraction of sp³-hybridized carbons (Fsp3) is 0.735. The zero-order chi connectivity index (χ0) is 32.3. The molecule has 1 aromatic carbocycles. The Bertz CT molecular complexity index is 1400. The Labute approximate surface area is 263 Å². The molecule has 11 nitrogen and oxygen atoms in total. The molecule has 1 unspecified atom stereocenters. The molecule has 1 aromatic rings. The number of carbonyl (C=O) groups is 3. The molecule has 13 atom stereocenters. The van der Waals surface area contributed by atoms with Crippen LogP contribution in [0.25, 0.3) is 0 Å². The zero-order valence-corrected chi connectivity index (χ0v) is 26.9. The van der Waals surface area contributed by atoms with Crippen molar-refractivity contribution >= 4 is 17.5 Å². The number of ketones is 2. The number of carbonyl (C=O) groups excluding carboxylic acids is 3. The van der Waals surface area contributed by atoms with E-state index < -0.39 is 81.9 Å². The Morgan fingerprint density at radius 2 is 1.76 bits per heavy atom. The summed E-state index contributed by atoms with van der Waals surface area (Å²) in [6, 6.07) is 6.38. The van der Waals surface area contributed by atoms with Crippen molar-refractivity contribution in [3.05, 3.63) is 29.8 Å². The number of hydrogen-bond donors (Lipinski definition) is 2. The fourth-order valence-corrected chi connectivity index (χ4v) is 12.1. The molecule has 1 aliphatic heterocycles. The lowest BCUT2D eigenvalue weighted by Crippen LogP contribution is -2.78. The summed E-state index contributed by atoms with van der Waals surface area (Å²) in [5.74, 6) is -3.55. The summed E-state index contributed by atoms with van der Waals surface area (Å²) in [4.78, 5) is 45.0. The van der Waals surface area contributed by atoms with E-state index >= 15 is 0 Å². The third kappa shape index (κ3) is 3.55. The van der Waals surface area contributed by atoms with Crippen LogP contribution in [0.1, 0.15) is 43.5 Å². The number of hydrogen-bond acceptors (Lipinski definition) is 11. The number of esters is 1. The number of nitrogens with zero attached hydrogens (tertiary/aromatic N) is 1. The maximum absolute atomic E-state index is 14.9. The quantitative estimate of drug-likeness (QED) is 0.304. The minimum absolute atomic E-state index is 0.0515. The minimum atomic E-state index is -1.63. The number of benzene rings is 1. The van der Waals surface area contributed by atoms with Crippen LogP contribution in [0, 0.1) is 40.4 Å². The molecular formula is C34H45NO10. The third-order valence-electron chi connectivity index (χ3n) is 13.1. The van der Waals surface area contributed by atoms with Gasteiger partial charge in [-0.15, -0.1) is 0 Å². The number of rotatable bonds is 9. The van der Waals surface area contributed by atoms with Gasteiger partial charge in [-0.2, -0.15) is 0 Å². The van der Waals surface area contributed by atoms with Gasteiger partial charge in [0.25, 0.3) is 0 Å². The van der Waals surface area contributed by atoms with Crippen LogP contribution in [-0.4, -0.2) is 116 Å². The summed E-state index contributed by atoms with van der Waals surface area (Å²) < 4.78 is 30.1. The number of methoxy groups -OCH3 is 4. The molecule has 45 heavy (non-hydrogen) atoms. The van der Waals surface area contributed by atoms with E-state index in [0.717, 1.165) is 0 Å². The normalized spacial score (nSPS) is 47.5. The van der Waals surface area contributed by atoms with Gasteiger partial charge in [-0.05, 0) is 43.1 Å². The second kappa shape index (κ2) is 10.3. The third-order valence-corrected chi connectivity index (χ3v) is 13.1. The highest BCUT2D eigenvalue weighted by Crippen LogP contribution is 2.80. The highest BCUT2D eigenvalue weighted by atomic mass is 16.6. The molecular weight excluding hydrogens is 582 g/mol. The maximum Gasteiger partial charge on any atom is 0.303 e. The number of piperidine rings is 1. The van der Waals surface area contributed by atoms with Crippen LogP contribution in [0.5, 0.6) is 5.75 Å². The van der Waals surface area contributed by atoms with Crippen molar-refractivity contribution in [3.63, 3.8) is 0 Å². The maximum atomic E-state index is 14.9. The van der Waals surface area contributed by atoms with Crippen molar-refractivity contribution in [2.45, 2.75) is 68.7 Å². The Hall–Kier alpha value is -2.41. The number of fused-ring (bicyclic) bond motifs is 2. The van der Waals surface area contributed by atoms with Gasteiger partial charge < -0.3 is 33.9 Å². The molecule has 1 saturated heterocycles. The van der Waals surface area contributed by atoms with Gasteiger partial charge in [-0.25, -0.2) is 0 Å². The lowest BCUT2D eigenvalue weighted by Gasteiger charge is -2.67.